The van der Waals surface area contributed by atoms with Crippen LogP contribution in [-0.4, -0.2) is 44.5 Å². The highest BCUT2D eigenvalue weighted by Gasteiger charge is 2.12. The minimum absolute atomic E-state index is 0.0730. The van der Waals surface area contributed by atoms with Crippen LogP contribution in [0, 0.1) is 0 Å². The molecule has 148 valence electrons. The lowest BCUT2D eigenvalue weighted by Crippen LogP contribution is -2.12. The zero-order valence-corrected chi connectivity index (χ0v) is 15.9. The van der Waals surface area contributed by atoms with Crippen LogP contribution in [0.15, 0.2) is 41.4 Å². The van der Waals surface area contributed by atoms with Crippen molar-refractivity contribution in [2.24, 2.45) is 4.99 Å². The van der Waals surface area contributed by atoms with Gasteiger partial charge in [0.2, 0.25) is 11.7 Å². The van der Waals surface area contributed by atoms with Gasteiger partial charge in [0.25, 0.3) is 0 Å². The number of carboxylic acid groups (broad SMARTS) is 1. The van der Waals surface area contributed by atoms with E-state index in [1.54, 1.807) is 56.8 Å². The van der Waals surface area contributed by atoms with Crippen LogP contribution in [0.25, 0.3) is 0 Å². The molecular weight excluding hydrogens is 364 g/mol. The van der Waals surface area contributed by atoms with Gasteiger partial charge in [-0.25, -0.2) is 0 Å². The molecule has 0 saturated heterocycles. The molecule has 0 bridgehead atoms. The molecule has 0 radical (unpaired) electrons. The van der Waals surface area contributed by atoms with Gasteiger partial charge in [0.15, 0.2) is 11.5 Å². The Balaban J connectivity index is 2.08. The Morgan fingerprint density at radius 3 is 2.11 bits per heavy atom. The lowest BCUT2D eigenvalue weighted by molar-refractivity contribution is -0.138. The molecule has 0 aliphatic carbocycles. The van der Waals surface area contributed by atoms with Gasteiger partial charge in [-0.3, -0.25) is 14.6 Å². The van der Waals surface area contributed by atoms with Gasteiger partial charge in [0.05, 0.1) is 33.4 Å². The number of benzene rings is 2. The minimum atomic E-state index is -1.01. The molecule has 0 fully saturated rings. The Morgan fingerprint density at radius 1 is 1.00 bits per heavy atom. The van der Waals surface area contributed by atoms with Crippen LogP contribution >= 0.6 is 0 Å². The molecule has 8 heteroatoms. The Kier molecular flexibility index (Phi) is 7.38. The van der Waals surface area contributed by atoms with Crippen LogP contribution in [0.4, 0.5) is 11.4 Å². The van der Waals surface area contributed by atoms with E-state index in [2.05, 4.69) is 10.3 Å². The number of carboxylic acids is 1. The quantitative estimate of drug-likeness (QED) is 0.641. The van der Waals surface area contributed by atoms with E-state index in [9.17, 15) is 9.59 Å². The highest BCUT2D eigenvalue weighted by Crippen LogP contribution is 2.37. The number of anilines is 1. The topological polar surface area (TPSA) is 106 Å². The average molecular weight is 386 g/mol. The zero-order chi connectivity index (χ0) is 20.5. The number of rotatable bonds is 9. The molecule has 0 saturated carbocycles. The predicted molar refractivity (Wildman–Crippen MR) is 105 cm³/mol. The van der Waals surface area contributed by atoms with Gasteiger partial charge in [0, 0.05) is 23.9 Å². The normalized spacial score (nSPS) is 10.5. The SMILES string of the molecule is COc1cc(C=Nc2ccc(NC(=O)CCC(=O)O)cc2)cc(OC)c1OC. The zero-order valence-electron chi connectivity index (χ0n) is 15.9. The molecule has 0 aromatic heterocycles. The first kappa shape index (κ1) is 20.8. The van der Waals surface area contributed by atoms with Gasteiger partial charge in [-0.2, -0.15) is 0 Å². The number of carbonyl (C=O) groups is 2. The number of aliphatic carboxylic acids is 1. The first-order chi connectivity index (χ1) is 13.5. The number of hydrogen-bond donors (Lipinski definition) is 2. The van der Waals surface area contributed by atoms with Crippen molar-refractivity contribution in [3.63, 3.8) is 0 Å². The third kappa shape index (κ3) is 5.73. The molecular formula is C20H22N2O6. The van der Waals surface area contributed by atoms with Crippen LogP contribution in [0.3, 0.4) is 0 Å². The van der Waals surface area contributed by atoms with Crippen molar-refractivity contribution in [1.82, 2.24) is 0 Å². The highest BCUT2D eigenvalue weighted by atomic mass is 16.5. The van der Waals surface area contributed by atoms with Gasteiger partial charge >= 0.3 is 5.97 Å². The first-order valence-corrected chi connectivity index (χ1v) is 8.42. The van der Waals surface area contributed by atoms with Gasteiger partial charge in [0.1, 0.15) is 0 Å². The van der Waals surface area contributed by atoms with Crippen LogP contribution in [0.5, 0.6) is 17.2 Å². The summed E-state index contributed by atoms with van der Waals surface area (Å²) in [5, 5.41) is 11.2. The number of amides is 1. The second-order valence-electron chi connectivity index (χ2n) is 5.71. The Hall–Kier alpha value is -3.55. The fraction of sp³-hybridized carbons (Fsp3) is 0.250. The summed E-state index contributed by atoms with van der Waals surface area (Å²) >= 11 is 0. The Labute approximate surface area is 162 Å². The van der Waals surface area contributed by atoms with E-state index in [-0.39, 0.29) is 18.7 Å². The summed E-state index contributed by atoms with van der Waals surface area (Å²) in [5.41, 5.74) is 2.01. The fourth-order valence-corrected chi connectivity index (χ4v) is 2.40. The van der Waals surface area contributed by atoms with E-state index in [0.717, 1.165) is 5.56 Å². The second-order valence-corrected chi connectivity index (χ2v) is 5.71. The van der Waals surface area contributed by atoms with Crippen LogP contribution in [-0.2, 0) is 9.59 Å². The molecule has 0 aliphatic heterocycles. The summed E-state index contributed by atoms with van der Waals surface area (Å²) < 4.78 is 15.9. The maximum absolute atomic E-state index is 11.6. The van der Waals surface area contributed by atoms with E-state index >= 15 is 0 Å². The van der Waals surface area contributed by atoms with E-state index < -0.39 is 5.97 Å². The second kappa shape index (κ2) is 9.96. The van der Waals surface area contributed by atoms with Gasteiger partial charge in [-0.1, -0.05) is 0 Å². The smallest absolute Gasteiger partial charge is 0.303 e. The number of ether oxygens (including phenoxy) is 3. The number of aliphatic imine (C=N–C) groups is 1. The molecule has 2 aromatic rings. The van der Waals surface area contributed by atoms with Crippen molar-refractivity contribution in [3.05, 3.63) is 42.0 Å². The number of nitrogens with one attached hydrogen (secondary N) is 1. The van der Waals surface area contributed by atoms with E-state index in [4.69, 9.17) is 19.3 Å². The fourth-order valence-electron chi connectivity index (χ4n) is 2.40. The Bertz CT molecular complexity index is 836. The summed E-state index contributed by atoms with van der Waals surface area (Å²) in [6.45, 7) is 0. The summed E-state index contributed by atoms with van der Waals surface area (Å²) in [6, 6.07) is 10.4. The first-order valence-electron chi connectivity index (χ1n) is 8.42. The summed E-state index contributed by atoms with van der Waals surface area (Å²) in [7, 11) is 4.62. The van der Waals surface area contributed by atoms with Crippen LogP contribution in [0.1, 0.15) is 18.4 Å². The Morgan fingerprint density at radius 2 is 1.61 bits per heavy atom. The van der Waals surface area contributed by atoms with Crippen LogP contribution in [0.2, 0.25) is 0 Å². The summed E-state index contributed by atoms with van der Waals surface area (Å²) in [5.74, 6) is 0.207. The lowest BCUT2D eigenvalue weighted by atomic mass is 10.2. The van der Waals surface area contributed by atoms with Crippen molar-refractivity contribution in [2.45, 2.75) is 12.8 Å². The monoisotopic (exact) mass is 386 g/mol. The van der Waals surface area contributed by atoms with E-state index in [1.165, 1.54) is 7.11 Å². The molecule has 0 atom stereocenters. The largest absolute Gasteiger partial charge is 0.493 e. The molecule has 28 heavy (non-hydrogen) atoms. The number of methoxy groups -OCH3 is 3. The third-order valence-corrected chi connectivity index (χ3v) is 3.77. The molecule has 0 aliphatic rings. The minimum Gasteiger partial charge on any atom is -0.493 e. The van der Waals surface area contributed by atoms with E-state index in [1.807, 2.05) is 0 Å². The van der Waals surface area contributed by atoms with Gasteiger partial charge in [-0.05, 0) is 36.4 Å². The molecule has 8 nitrogen and oxygen atoms in total. The molecule has 2 aromatic carbocycles. The molecule has 0 unspecified atom stereocenters. The van der Waals surface area contributed by atoms with Crippen molar-refractivity contribution in [3.8, 4) is 17.2 Å². The average Bonchev–Trinajstić information content (AvgIpc) is 2.70. The molecule has 1 amide bonds. The summed E-state index contributed by atoms with van der Waals surface area (Å²) in [4.78, 5) is 26.5. The van der Waals surface area contributed by atoms with Gasteiger partial charge in [-0.15, -0.1) is 0 Å². The van der Waals surface area contributed by atoms with Crippen LogP contribution < -0.4 is 19.5 Å². The molecule has 0 heterocycles. The maximum Gasteiger partial charge on any atom is 0.303 e. The summed E-state index contributed by atoms with van der Waals surface area (Å²) in [6.07, 6.45) is 1.38. The highest BCUT2D eigenvalue weighted by molar-refractivity contribution is 5.92. The number of carbonyl (C=O) groups excluding carboxylic acids is 1. The number of nitrogens with zero attached hydrogens (tertiary/aromatic N) is 1. The standard InChI is InChI=1S/C20H22N2O6/c1-26-16-10-13(11-17(27-2)20(16)28-3)12-21-14-4-6-15(7-5-14)22-18(23)8-9-19(24)25/h4-7,10-12H,8-9H2,1-3H3,(H,22,23)(H,24,25). The van der Waals surface area contributed by atoms with Crippen molar-refractivity contribution in [2.75, 3.05) is 26.6 Å². The number of hydrogen-bond acceptors (Lipinski definition) is 6. The molecule has 0 spiro atoms. The van der Waals surface area contributed by atoms with Crippen molar-refractivity contribution >= 4 is 29.5 Å². The lowest BCUT2D eigenvalue weighted by Gasteiger charge is -2.12. The predicted octanol–water partition coefficient (Wildman–Crippen LogP) is 3.27. The van der Waals surface area contributed by atoms with E-state index in [0.29, 0.717) is 28.6 Å². The van der Waals surface area contributed by atoms with Crippen molar-refractivity contribution in [1.29, 1.82) is 0 Å². The molecule has 2 rings (SSSR count). The third-order valence-electron chi connectivity index (χ3n) is 3.77. The van der Waals surface area contributed by atoms with Gasteiger partial charge < -0.3 is 24.6 Å². The molecule has 2 N–H and O–H groups in total. The van der Waals surface area contributed by atoms with Crippen molar-refractivity contribution < 1.29 is 28.9 Å². The maximum atomic E-state index is 11.6.